The Morgan fingerprint density at radius 3 is 2.59 bits per heavy atom. The molecule has 4 heteroatoms. The molecule has 0 amide bonds. The maximum atomic E-state index is 11.4. The van der Waals surface area contributed by atoms with Crippen molar-refractivity contribution in [2.24, 2.45) is 0 Å². The van der Waals surface area contributed by atoms with Crippen molar-refractivity contribution < 1.29 is 9.53 Å². The molecule has 4 nitrogen and oxygen atoms in total. The molecule has 1 aliphatic rings. The van der Waals surface area contributed by atoms with Crippen LogP contribution >= 0.6 is 0 Å². The Kier molecular flexibility index (Phi) is 6.52. The zero-order valence-electron chi connectivity index (χ0n) is 11.4. The summed E-state index contributed by atoms with van der Waals surface area (Å²) in [6.07, 6.45) is 7.50. The number of rotatable bonds is 6. The first-order chi connectivity index (χ1) is 8.19. The summed E-state index contributed by atoms with van der Waals surface area (Å²) >= 11 is 0. The van der Waals surface area contributed by atoms with E-state index in [0.29, 0.717) is 6.04 Å². The minimum absolute atomic E-state index is 0.162. The van der Waals surface area contributed by atoms with Gasteiger partial charge in [0, 0.05) is 12.6 Å². The lowest BCUT2D eigenvalue weighted by molar-refractivity contribution is -0.143. The van der Waals surface area contributed by atoms with Crippen molar-refractivity contribution in [1.82, 2.24) is 10.2 Å². The first-order valence-corrected chi connectivity index (χ1v) is 6.64. The summed E-state index contributed by atoms with van der Waals surface area (Å²) in [6, 6.07) is 0.532. The summed E-state index contributed by atoms with van der Waals surface area (Å²) < 4.78 is 4.76. The first-order valence-electron chi connectivity index (χ1n) is 6.64. The largest absolute Gasteiger partial charge is 0.468 e. The molecule has 0 bridgehead atoms. The topological polar surface area (TPSA) is 41.6 Å². The van der Waals surface area contributed by atoms with Crippen LogP contribution in [0.2, 0.25) is 0 Å². The third-order valence-corrected chi connectivity index (χ3v) is 3.80. The molecule has 17 heavy (non-hydrogen) atoms. The molecule has 1 unspecified atom stereocenters. The monoisotopic (exact) mass is 242 g/mol. The zero-order valence-corrected chi connectivity index (χ0v) is 11.4. The maximum absolute atomic E-state index is 11.4. The van der Waals surface area contributed by atoms with E-state index in [1.807, 2.05) is 7.05 Å². The van der Waals surface area contributed by atoms with Crippen molar-refractivity contribution in [3.8, 4) is 0 Å². The maximum Gasteiger partial charge on any atom is 0.322 e. The summed E-state index contributed by atoms with van der Waals surface area (Å²) in [5, 5.41) is 3.01. The van der Waals surface area contributed by atoms with E-state index in [1.165, 1.54) is 39.2 Å². The van der Waals surface area contributed by atoms with Crippen LogP contribution in [-0.4, -0.2) is 50.7 Å². The summed E-state index contributed by atoms with van der Waals surface area (Å²) in [7, 11) is 5.42. The van der Waals surface area contributed by atoms with E-state index in [9.17, 15) is 4.79 Å². The average Bonchev–Trinajstić information content (AvgIpc) is 2.39. The molecule has 1 saturated carbocycles. The van der Waals surface area contributed by atoms with Gasteiger partial charge in [-0.25, -0.2) is 0 Å². The molecule has 1 atom stereocenters. The Hall–Kier alpha value is -0.610. The Labute approximate surface area is 105 Å². The minimum Gasteiger partial charge on any atom is -0.468 e. The van der Waals surface area contributed by atoms with E-state index in [2.05, 4.69) is 17.3 Å². The number of ether oxygens (including phenoxy) is 1. The molecule has 0 aromatic carbocycles. The number of carbonyl (C=O) groups is 1. The Balaban J connectivity index is 2.29. The van der Waals surface area contributed by atoms with Crippen molar-refractivity contribution in [3.05, 3.63) is 0 Å². The van der Waals surface area contributed by atoms with Crippen LogP contribution in [0, 0.1) is 0 Å². The van der Waals surface area contributed by atoms with E-state index in [0.717, 1.165) is 13.0 Å². The standard InChI is InChI=1S/C13H26N2O2/c1-14-12(13(16)17-3)9-10-15(2)11-7-5-4-6-8-11/h11-12,14H,4-10H2,1-3H3. The predicted octanol–water partition coefficient (Wildman–Crippen LogP) is 1.40. The lowest BCUT2D eigenvalue weighted by Crippen LogP contribution is -2.41. The van der Waals surface area contributed by atoms with E-state index in [4.69, 9.17) is 4.74 Å². The molecule has 0 saturated heterocycles. The van der Waals surface area contributed by atoms with Gasteiger partial charge in [0.05, 0.1) is 7.11 Å². The van der Waals surface area contributed by atoms with Gasteiger partial charge in [-0.15, -0.1) is 0 Å². The predicted molar refractivity (Wildman–Crippen MR) is 69.0 cm³/mol. The van der Waals surface area contributed by atoms with Crippen LogP contribution in [0.3, 0.4) is 0 Å². The van der Waals surface area contributed by atoms with E-state index < -0.39 is 0 Å². The van der Waals surface area contributed by atoms with Crippen LogP contribution in [0.15, 0.2) is 0 Å². The van der Waals surface area contributed by atoms with Crippen molar-refractivity contribution in [2.75, 3.05) is 27.7 Å². The molecule has 100 valence electrons. The smallest absolute Gasteiger partial charge is 0.322 e. The van der Waals surface area contributed by atoms with Crippen LogP contribution < -0.4 is 5.32 Å². The Bertz CT molecular complexity index is 227. The van der Waals surface area contributed by atoms with Crippen LogP contribution in [0.4, 0.5) is 0 Å². The second-order valence-corrected chi connectivity index (χ2v) is 4.93. The summed E-state index contributed by atoms with van der Waals surface area (Å²) in [6.45, 7) is 0.950. The molecule has 1 rings (SSSR count). The van der Waals surface area contributed by atoms with E-state index in [-0.39, 0.29) is 12.0 Å². The SMILES string of the molecule is CNC(CCN(C)C1CCCCC1)C(=O)OC. The van der Waals surface area contributed by atoms with Gasteiger partial charge in [-0.05, 0) is 33.4 Å². The summed E-state index contributed by atoms with van der Waals surface area (Å²) in [5.74, 6) is -0.162. The number of likely N-dealkylation sites (N-methyl/N-ethyl adjacent to an activating group) is 1. The summed E-state index contributed by atoms with van der Waals surface area (Å²) in [5.41, 5.74) is 0. The van der Waals surface area contributed by atoms with Gasteiger partial charge in [0.25, 0.3) is 0 Å². The van der Waals surface area contributed by atoms with Gasteiger partial charge in [-0.2, -0.15) is 0 Å². The molecule has 0 heterocycles. The number of hydrogen-bond acceptors (Lipinski definition) is 4. The number of hydrogen-bond donors (Lipinski definition) is 1. The third-order valence-electron chi connectivity index (χ3n) is 3.80. The molecular weight excluding hydrogens is 216 g/mol. The number of nitrogens with zero attached hydrogens (tertiary/aromatic N) is 1. The molecular formula is C13H26N2O2. The normalized spacial score (nSPS) is 19.3. The molecule has 0 aromatic rings. The highest BCUT2D eigenvalue weighted by Crippen LogP contribution is 2.21. The average molecular weight is 242 g/mol. The quantitative estimate of drug-likeness (QED) is 0.715. The van der Waals surface area contributed by atoms with E-state index >= 15 is 0 Å². The molecule has 0 spiro atoms. The van der Waals surface area contributed by atoms with Gasteiger partial charge in [0.1, 0.15) is 6.04 Å². The lowest BCUT2D eigenvalue weighted by atomic mass is 9.94. The third kappa shape index (κ3) is 4.64. The first kappa shape index (κ1) is 14.5. The van der Waals surface area contributed by atoms with Gasteiger partial charge in [0.2, 0.25) is 0 Å². The molecule has 1 aliphatic carbocycles. The molecule has 1 fully saturated rings. The number of carbonyl (C=O) groups excluding carboxylic acids is 1. The molecule has 0 aliphatic heterocycles. The van der Waals surface area contributed by atoms with Gasteiger partial charge >= 0.3 is 5.97 Å². The van der Waals surface area contributed by atoms with Gasteiger partial charge in [-0.3, -0.25) is 4.79 Å². The van der Waals surface area contributed by atoms with Crippen molar-refractivity contribution >= 4 is 5.97 Å². The lowest BCUT2D eigenvalue weighted by Gasteiger charge is -2.31. The van der Waals surface area contributed by atoms with Gasteiger partial charge in [-0.1, -0.05) is 19.3 Å². The highest BCUT2D eigenvalue weighted by Gasteiger charge is 2.21. The fraction of sp³-hybridized carbons (Fsp3) is 0.923. The Morgan fingerprint density at radius 2 is 2.06 bits per heavy atom. The number of nitrogens with one attached hydrogen (secondary N) is 1. The summed E-state index contributed by atoms with van der Waals surface area (Å²) in [4.78, 5) is 13.8. The second-order valence-electron chi connectivity index (χ2n) is 4.93. The molecule has 0 radical (unpaired) electrons. The van der Waals surface area contributed by atoms with Crippen LogP contribution in [0.1, 0.15) is 38.5 Å². The second kappa shape index (κ2) is 7.67. The minimum atomic E-state index is -0.175. The number of methoxy groups -OCH3 is 1. The van der Waals surface area contributed by atoms with Crippen molar-refractivity contribution in [3.63, 3.8) is 0 Å². The zero-order chi connectivity index (χ0) is 12.7. The van der Waals surface area contributed by atoms with Crippen LogP contribution in [0.5, 0.6) is 0 Å². The fourth-order valence-corrected chi connectivity index (χ4v) is 2.56. The van der Waals surface area contributed by atoms with Crippen molar-refractivity contribution in [1.29, 1.82) is 0 Å². The van der Waals surface area contributed by atoms with E-state index in [1.54, 1.807) is 0 Å². The van der Waals surface area contributed by atoms with Gasteiger partial charge in [0.15, 0.2) is 0 Å². The molecule has 1 N–H and O–H groups in total. The van der Waals surface area contributed by atoms with Crippen LogP contribution in [-0.2, 0) is 9.53 Å². The fourth-order valence-electron chi connectivity index (χ4n) is 2.56. The van der Waals surface area contributed by atoms with Gasteiger partial charge < -0.3 is 15.0 Å². The highest BCUT2D eigenvalue weighted by atomic mass is 16.5. The van der Waals surface area contributed by atoms with Crippen molar-refractivity contribution in [2.45, 2.75) is 50.6 Å². The molecule has 0 aromatic heterocycles. The number of esters is 1. The van der Waals surface area contributed by atoms with Crippen LogP contribution in [0.25, 0.3) is 0 Å². The Morgan fingerprint density at radius 1 is 1.41 bits per heavy atom. The highest BCUT2D eigenvalue weighted by molar-refractivity contribution is 5.75.